The molecule has 2 rings (SSSR count). The van der Waals surface area contributed by atoms with Crippen LogP contribution in [0.3, 0.4) is 0 Å². The van der Waals surface area contributed by atoms with E-state index in [9.17, 15) is 4.79 Å². The summed E-state index contributed by atoms with van der Waals surface area (Å²) in [6.45, 7) is 11.0. The van der Waals surface area contributed by atoms with Crippen molar-refractivity contribution >= 4 is 42.1 Å². The molecule has 1 aliphatic rings. The van der Waals surface area contributed by atoms with Crippen molar-refractivity contribution in [3.8, 4) is 0 Å². The fourth-order valence-electron chi connectivity index (χ4n) is 2.88. The number of carbonyl (C=O) groups excluding carboxylic acids is 1. The van der Waals surface area contributed by atoms with Crippen molar-refractivity contribution < 1.29 is 9.53 Å². The van der Waals surface area contributed by atoms with Gasteiger partial charge in [0.25, 0.3) is 0 Å². The second-order valence-electron chi connectivity index (χ2n) is 6.27. The molecule has 1 amide bonds. The number of thiazole rings is 1. The molecule has 2 unspecified atom stereocenters. The standard InChI is InChI=1S/C15H25N3O2S.2ClH/c1-6-20-12-7-15(16,14(12,4)5)13(19)17-8-11-9(2)18-10(3)21-11;;/h12H,6-8,16H2,1-5H3,(H,17,19);2*1H. The monoisotopic (exact) mass is 383 g/mol. The lowest BCUT2D eigenvalue weighted by atomic mass is 9.54. The van der Waals surface area contributed by atoms with E-state index in [1.807, 2.05) is 34.6 Å². The van der Waals surface area contributed by atoms with Crippen LogP contribution >= 0.6 is 36.2 Å². The van der Waals surface area contributed by atoms with E-state index in [1.165, 1.54) is 0 Å². The average molecular weight is 384 g/mol. The maximum Gasteiger partial charge on any atom is 0.241 e. The summed E-state index contributed by atoms with van der Waals surface area (Å²) in [4.78, 5) is 17.9. The molecule has 0 spiro atoms. The van der Waals surface area contributed by atoms with Gasteiger partial charge in [-0.25, -0.2) is 4.98 Å². The Balaban J connectivity index is 0.00000242. The molecule has 0 radical (unpaired) electrons. The Morgan fingerprint density at radius 2 is 2.04 bits per heavy atom. The highest BCUT2D eigenvalue weighted by Crippen LogP contribution is 2.49. The van der Waals surface area contributed by atoms with Crippen molar-refractivity contribution in [3.63, 3.8) is 0 Å². The van der Waals surface area contributed by atoms with Crippen LogP contribution in [0.15, 0.2) is 0 Å². The van der Waals surface area contributed by atoms with E-state index in [1.54, 1.807) is 11.3 Å². The van der Waals surface area contributed by atoms with Crippen LogP contribution in [0.5, 0.6) is 0 Å². The lowest BCUT2D eigenvalue weighted by Gasteiger charge is -2.57. The van der Waals surface area contributed by atoms with E-state index in [2.05, 4.69) is 10.3 Å². The molecule has 1 heterocycles. The Hall–Kier alpha value is -0.400. The number of nitrogens with one attached hydrogen (secondary N) is 1. The van der Waals surface area contributed by atoms with E-state index >= 15 is 0 Å². The van der Waals surface area contributed by atoms with Crippen LogP contribution in [0.25, 0.3) is 0 Å². The van der Waals surface area contributed by atoms with Gasteiger partial charge in [0.2, 0.25) is 5.91 Å². The average Bonchev–Trinajstić information content (AvgIpc) is 2.73. The largest absolute Gasteiger partial charge is 0.378 e. The third-order valence-electron chi connectivity index (χ3n) is 4.64. The molecule has 0 aromatic carbocycles. The van der Waals surface area contributed by atoms with Crippen LogP contribution in [0.4, 0.5) is 0 Å². The van der Waals surface area contributed by atoms with Crippen LogP contribution in [0.1, 0.15) is 42.8 Å². The summed E-state index contributed by atoms with van der Waals surface area (Å²) in [5.41, 5.74) is 6.11. The zero-order valence-electron chi connectivity index (χ0n) is 14.3. The maximum atomic E-state index is 12.5. The summed E-state index contributed by atoms with van der Waals surface area (Å²) in [5.74, 6) is -0.103. The number of nitrogens with zero attached hydrogens (tertiary/aromatic N) is 1. The van der Waals surface area contributed by atoms with Crippen LogP contribution < -0.4 is 11.1 Å². The Morgan fingerprint density at radius 3 is 2.48 bits per heavy atom. The van der Waals surface area contributed by atoms with Crippen LogP contribution in [0.2, 0.25) is 0 Å². The minimum Gasteiger partial charge on any atom is -0.378 e. The van der Waals surface area contributed by atoms with E-state index in [0.717, 1.165) is 15.6 Å². The molecule has 134 valence electrons. The number of carbonyl (C=O) groups is 1. The summed E-state index contributed by atoms with van der Waals surface area (Å²) in [6.07, 6.45) is 0.617. The molecular formula is C15H27Cl2N3O2S. The van der Waals surface area contributed by atoms with Gasteiger partial charge in [0.05, 0.1) is 23.4 Å². The third-order valence-corrected chi connectivity index (χ3v) is 5.72. The molecular weight excluding hydrogens is 357 g/mol. The van der Waals surface area contributed by atoms with Gasteiger partial charge in [-0.2, -0.15) is 0 Å². The number of aryl methyl sites for hydroxylation is 2. The zero-order valence-corrected chi connectivity index (χ0v) is 16.7. The van der Waals surface area contributed by atoms with Crippen LogP contribution in [-0.4, -0.2) is 29.1 Å². The molecule has 23 heavy (non-hydrogen) atoms. The van der Waals surface area contributed by atoms with E-state index < -0.39 is 5.54 Å². The Bertz CT molecular complexity index is 551. The fraction of sp³-hybridized carbons (Fsp3) is 0.733. The first-order valence-electron chi connectivity index (χ1n) is 7.34. The minimum atomic E-state index is -0.861. The van der Waals surface area contributed by atoms with Gasteiger partial charge in [0.1, 0.15) is 5.54 Å². The number of ether oxygens (including phenoxy) is 1. The Morgan fingerprint density at radius 1 is 1.43 bits per heavy atom. The quantitative estimate of drug-likeness (QED) is 0.819. The van der Waals surface area contributed by atoms with Crippen LogP contribution in [-0.2, 0) is 16.1 Å². The van der Waals surface area contributed by atoms with Gasteiger partial charge in [0.15, 0.2) is 0 Å². The van der Waals surface area contributed by atoms with Gasteiger partial charge in [0, 0.05) is 23.3 Å². The molecule has 0 saturated heterocycles. The first kappa shape index (κ1) is 22.6. The normalized spacial score (nSPS) is 24.9. The number of nitrogens with two attached hydrogens (primary N) is 1. The first-order valence-corrected chi connectivity index (χ1v) is 8.15. The fourth-order valence-corrected chi connectivity index (χ4v) is 3.75. The summed E-state index contributed by atoms with van der Waals surface area (Å²) in [7, 11) is 0. The predicted molar refractivity (Wildman–Crippen MR) is 98.7 cm³/mol. The lowest BCUT2D eigenvalue weighted by molar-refractivity contribution is -0.170. The third kappa shape index (κ3) is 3.99. The van der Waals surface area contributed by atoms with Crippen molar-refractivity contribution in [3.05, 3.63) is 15.6 Å². The molecule has 1 aliphatic carbocycles. The molecule has 1 aromatic rings. The summed E-state index contributed by atoms with van der Waals surface area (Å²) in [6, 6.07) is 0. The second kappa shape index (κ2) is 8.12. The number of hydrogen-bond acceptors (Lipinski definition) is 5. The second-order valence-corrected chi connectivity index (χ2v) is 7.55. The van der Waals surface area contributed by atoms with Crippen molar-refractivity contribution in [2.75, 3.05) is 6.61 Å². The van der Waals surface area contributed by atoms with Crippen molar-refractivity contribution in [2.24, 2.45) is 11.1 Å². The number of halogens is 2. The number of hydrogen-bond donors (Lipinski definition) is 2. The smallest absolute Gasteiger partial charge is 0.241 e. The van der Waals surface area contributed by atoms with Crippen molar-refractivity contribution in [1.82, 2.24) is 10.3 Å². The molecule has 1 aromatic heterocycles. The highest BCUT2D eigenvalue weighted by atomic mass is 35.5. The van der Waals surface area contributed by atoms with Gasteiger partial charge in [-0.1, -0.05) is 13.8 Å². The lowest BCUT2D eigenvalue weighted by Crippen LogP contribution is -2.75. The van der Waals surface area contributed by atoms with Crippen LogP contribution in [0, 0.1) is 19.3 Å². The van der Waals surface area contributed by atoms with Gasteiger partial charge in [-0.05, 0) is 20.8 Å². The molecule has 8 heteroatoms. The topological polar surface area (TPSA) is 77.2 Å². The van der Waals surface area contributed by atoms with Crippen molar-refractivity contribution in [2.45, 2.75) is 59.2 Å². The SMILES string of the molecule is CCOC1CC(N)(C(=O)NCc2sc(C)nc2C)C1(C)C.Cl.Cl. The Labute approximate surface area is 154 Å². The van der Waals surface area contributed by atoms with Gasteiger partial charge < -0.3 is 15.8 Å². The van der Waals surface area contributed by atoms with E-state index in [-0.39, 0.29) is 42.2 Å². The highest BCUT2D eigenvalue weighted by molar-refractivity contribution is 7.11. The predicted octanol–water partition coefficient (Wildman–Crippen LogP) is 2.75. The molecule has 1 fully saturated rings. The molecule has 0 bridgehead atoms. The van der Waals surface area contributed by atoms with Gasteiger partial charge >= 0.3 is 0 Å². The molecule has 1 saturated carbocycles. The molecule has 3 N–H and O–H groups in total. The van der Waals surface area contributed by atoms with Crippen molar-refractivity contribution in [1.29, 1.82) is 0 Å². The summed E-state index contributed by atoms with van der Waals surface area (Å²) >= 11 is 1.61. The van der Waals surface area contributed by atoms with E-state index in [0.29, 0.717) is 19.6 Å². The molecule has 2 atom stereocenters. The number of amides is 1. The summed E-state index contributed by atoms with van der Waals surface area (Å²) in [5, 5.41) is 3.98. The van der Waals surface area contributed by atoms with Gasteiger partial charge in [-0.15, -0.1) is 36.2 Å². The Kier molecular flexibility index (Phi) is 7.98. The maximum absolute atomic E-state index is 12.5. The highest BCUT2D eigenvalue weighted by Gasteiger charge is 2.62. The van der Waals surface area contributed by atoms with Gasteiger partial charge in [-0.3, -0.25) is 4.79 Å². The van der Waals surface area contributed by atoms with E-state index in [4.69, 9.17) is 10.5 Å². The first-order chi connectivity index (χ1) is 9.72. The number of aromatic nitrogens is 1. The zero-order chi connectivity index (χ0) is 15.8. The molecule has 5 nitrogen and oxygen atoms in total. The molecule has 0 aliphatic heterocycles. The minimum absolute atomic E-state index is 0. The summed E-state index contributed by atoms with van der Waals surface area (Å²) < 4.78 is 5.66. The number of rotatable bonds is 5.